The molecule has 0 aromatic carbocycles. The van der Waals surface area contributed by atoms with Crippen molar-refractivity contribution in [3.63, 3.8) is 0 Å². The molecule has 0 N–H and O–H groups in total. The van der Waals surface area contributed by atoms with Gasteiger partial charge in [-0.25, -0.2) is 0 Å². The molecule has 1 saturated heterocycles. The minimum atomic E-state index is -0.753. The van der Waals surface area contributed by atoms with Gasteiger partial charge in [0.2, 0.25) is 6.29 Å². The van der Waals surface area contributed by atoms with Crippen LogP contribution in [-0.2, 0) is 23.8 Å². The van der Waals surface area contributed by atoms with Crippen LogP contribution in [0.3, 0.4) is 0 Å². The van der Waals surface area contributed by atoms with Gasteiger partial charge in [-0.05, 0) is 6.42 Å². The highest BCUT2D eigenvalue weighted by molar-refractivity contribution is 5.67. The van der Waals surface area contributed by atoms with Crippen LogP contribution in [0.2, 0.25) is 0 Å². The minimum Gasteiger partial charge on any atom is -0.456 e. The second-order valence-electron chi connectivity index (χ2n) is 3.53. The van der Waals surface area contributed by atoms with E-state index in [4.69, 9.17) is 14.2 Å². The molecule has 0 aromatic rings. The Morgan fingerprint density at radius 2 is 1.87 bits per heavy atom. The molecule has 1 aliphatic heterocycles. The van der Waals surface area contributed by atoms with Crippen molar-refractivity contribution in [2.45, 2.75) is 52.1 Å². The molecule has 15 heavy (non-hydrogen) atoms. The molecule has 86 valence electrons. The molecule has 3 atom stereocenters. The van der Waals surface area contributed by atoms with Crippen LogP contribution < -0.4 is 0 Å². The molecule has 5 heteroatoms. The van der Waals surface area contributed by atoms with E-state index in [0.29, 0.717) is 6.42 Å². The van der Waals surface area contributed by atoms with Crippen molar-refractivity contribution < 1.29 is 23.8 Å². The maximum atomic E-state index is 10.8. The average molecular weight is 216 g/mol. The van der Waals surface area contributed by atoms with Crippen molar-refractivity contribution >= 4 is 11.9 Å². The summed E-state index contributed by atoms with van der Waals surface area (Å²) in [6.07, 6.45) is 0.134. The molecular weight excluding hydrogens is 200 g/mol. The van der Waals surface area contributed by atoms with Crippen LogP contribution in [-0.4, -0.2) is 30.4 Å². The van der Waals surface area contributed by atoms with E-state index >= 15 is 0 Å². The van der Waals surface area contributed by atoms with Crippen LogP contribution in [0.25, 0.3) is 0 Å². The number of carbonyl (C=O) groups is 2. The third-order valence-electron chi connectivity index (χ3n) is 2.18. The summed E-state index contributed by atoms with van der Waals surface area (Å²) >= 11 is 0. The molecule has 1 rings (SSSR count). The molecule has 0 aliphatic carbocycles. The normalized spacial score (nSPS) is 29.9. The van der Waals surface area contributed by atoms with Crippen LogP contribution in [0.15, 0.2) is 0 Å². The summed E-state index contributed by atoms with van der Waals surface area (Å²) in [7, 11) is 0. The second-order valence-corrected chi connectivity index (χ2v) is 3.53. The first-order valence-electron chi connectivity index (χ1n) is 5.02. The number of ether oxygens (including phenoxy) is 3. The van der Waals surface area contributed by atoms with Crippen molar-refractivity contribution in [2.24, 2.45) is 0 Å². The fraction of sp³-hybridized carbons (Fsp3) is 0.800. The molecule has 1 fully saturated rings. The van der Waals surface area contributed by atoms with E-state index in [2.05, 4.69) is 0 Å². The largest absolute Gasteiger partial charge is 0.456 e. The summed E-state index contributed by atoms with van der Waals surface area (Å²) in [5, 5.41) is 0. The quantitative estimate of drug-likeness (QED) is 0.659. The van der Waals surface area contributed by atoms with Gasteiger partial charge in [0, 0.05) is 20.3 Å². The summed E-state index contributed by atoms with van der Waals surface area (Å²) in [6, 6.07) is 0. The van der Waals surface area contributed by atoms with Gasteiger partial charge in [-0.1, -0.05) is 6.92 Å². The van der Waals surface area contributed by atoms with E-state index in [1.54, 1.807) is 0 Å². The zero-order valence-electron chi connectivity index (χ0n) is 9.19. The first-order valence-corrected chi connectivity index (χ1v) is 5.02. The van der Waals surface area contributed by atoms with Gasteiger partial charge in [-0.2, -0.15) is 0 Å². The third-order valence-corrected chi connectivity index (χ3v) is 2.18. The Hall–Kier alpha value is -1.10. The fourth-order valence-electron chi connectivity index (χ4n) is 1.55. The van der Waals surface area contributed by atoms with E-state index in [1.165, 1.54) is 13.8 Å². The maximum Gasteiger partial charge on any atom is 0.305 e. The molecule has 1 aliphatic rings. The average Bonchev–Trinajstić information content (AvgIpc) is 2.46. The Bertz CT molecular complexity index is 226. The summed E-state index contributed by atoms with van der Waals surface area (Å²) in [5.74, 6) is -0.827. The third kappa shape index (κ3) is 3.51. The Kier molecular flexibility index (Phi) is 4.08. The van der Waals surface area contributed by atoms with Gasteiger partial charge < -0.3 is 14.2 Å². The standard InChI is InChI=1S/C10H16O5/c1-4-8-5-9(13-6(2)11)10(15-8)14-7(3)12/h8-10H,4-5H2,1-3H3/t8-,9-,10-/m1/s1. The Morgan fingerprint density at radius 1 is 1.27 bits per heavy atom. The van der Waals surface area contributed by atoms with Crippen LogP contribution in [0.5, 0.6) is 0 Å². The molecule has 0 unspecified atom stereocenters. The molecule has 0 radical (unpaired) electrons. The Morgan fingerprint density at radius 3 is 2.33 bits per heavy atom. The van der Waals surface area contributed by atoms with Crippen LogP contribution in [0.1, 0.15) is 33.6 Å². The van der Waals surface area contributed by atoms with E-state index in [0.717, 1.165) is 6.42 Å². The lowest BCUT2D eigenvalue weighted by Crippen LogP contribution is -2.30. The lowest BCUT2D eigenvalue weighted by Gasteiger charge is -2.17. The highest BCUT2D eigenvalue weighted by atomic mass is 16.7. The predicted octanol–water partition coefficient (Wildman–Crippen LogP) is 1.01. The van der Waals surface area contributed by atoms with Gasteiger partial charge in [0.1, 0.15) is 0 Å². The number of carbonyl (C=O) groups excluding carboxylic acids is 2. The summed E-state index contributed by atoms with van der Waals surface area (Å²) in [5.41, 5.74) is 0. The van der Waals surface area contributed by atoms with Crippen LogP contribution in [0, 0.1) is 0 Å². The van der Waals surface area contributed by atoms with E-state index < -0.39 is 24.3 Å². The molecular formula is C10H16O5. The van der Waals surface area contributed by atoms with Crippen molar-refractivity contribution in [1.29, 1.82) is 0 Å². The van der Waals surface area contributed by atoms with E-state index in [-0.39, 0.29) is 6.10 Å². The molecule has 0 saturated carbocycles. The highest BCUT2D eigenvalue weighted by Gasteiger charge is 2.38. The lowest BCUT2D eigenvalue weighted by molar-refractivity contribution is -0.194. The number of hydrogen-bond acceptors (Lipinski definition) is 5. The van der Waals surface area contributed by atoms with Crippen molar-refractivity contribution in [2.75, 3.05) is 0 Å². The second kappa shape index (κ2) is 5.11. The van der Waals surface area contributed by atoms with Gasteiger partial charge in [0.15, 0.2) is 6.10 Å². The summed E-state index contributed by atoms with van der Waals surface area (Å²) in [6.45, 7) is 4.59. The molecule has 5 nitrogen and oxygen atoms in total. The maximum absolute atomic E-state index is 10.8. The molecule has 0 aromatic heterocycles. The van der Waals surface area contributed by atoms with Crippen LogP contribution in [0.4, 0.5) is 0 Å². The topological polar surface area (TPSA) is 61.8 Å². The van der Waals surface area contributed by atoms with Gasteiger partial charge in [0.25, 0.3) is 0 Å². The first kappa shape index (κ1) is 12.0. The van der Waals surface area contributed by atoms with E-state index in [9.17, 15) is 9.59 Å². The SMILES string of the molecule is CC[C@@H]1C[C@@H](OC(C)=O)[C@H](OC(C)=O)O1. The zero-order chi connectivity index (χ0) is 11.4. The Balaban J connectivity index is 2.56. The summed E-state index contributed by atoms with van der Waals surface area (Å²) < 4.78 is 15.3. The molecule has 0 amide bonds. The minimum absolute atomic E-state index is 0.0151. The zero-order valence-corrected chi connectivity index (χ0v) is 9.19. The highest BCUT2D eigenvalue weighted by Crippen LogP contribution is 2.26. The smallest absolute Gasteiger partial charge is 0.305 e. The Labute approximate surface area is 88.7 Å². The monoisotopic (exact) mass is 216 g/mol. The van der Waals surface area contributed by atoms with E-state index in [1.807, 2.05) is 6.92 Å². The number of hydrogen-bond donors (Lipinski definition) is 0. The van der Waals surface area contributed by atoms with Gasteiger partial charge >= 0.3 is 11.9 Å². The number of rotatable bonds is 3. The first-order chi connectivity index (χ1) is 7.02. The predicted molar refractivity (Wildman–Crippen MR) is 50.9 cm³/mol. The van der Waals surface area contributed by atoms with Crippen molar-refractivity contribution in [1.82, 2.24) is 0 Å². The van der Waals surface area contributed by atoms with Gasteiger partial charge in [0.05, 0.1) is 6.10 Å². The molecule has 0 spiro atoms. The van der Waals surface area contributed by atoms with Gasteiger partial charge in [-0.15, -0.1) is 0 Å². The fourth-order valence-corrected chi connectivity index (χ4v) is 1.55. The molecule has 1 heterocycles. The lowest BCUT2D eigenvalue weighted by atomic mass is 10.1. The van der Waals surface area contributed by atoms with Crippen LogP contribution >= 0.6 is 0 Å². The number of esters is 2. The van der Waals surface area contributed by atoms with Gasteiger partial charge in [-0.3, -0.25) is 9.59 Å². The van der Waals surface area contributed by atoms with Crippen molar-refractivity contribution in [3.8, 4) is 0 Å². The molecule has 0 bridgehead atoms. The van der Waals surface area contributed by atoms with Crippen molar-refractivity contribution in [3.05, 3.63) is 0 Å². The summed E-state index contributed by atoms with van der Waals surface area (Å²) in [4.78, 5) is 21.6.